The number of thiocarbonyl (C=S) groups is 1. The van der Waals surface area contributed by atoms with Crippen LogP contribution in [0.25, 0.3) is 0 Å². The number of rotatable bonds is 1. The summed E-state index contributed by atoms with van der Waals surface area (Å²) in [7, 11) is 0. The highest BCUT2D eigenvalue weighted by Crippen LogP contribution is 2.41. The smallest absolute Gasteiger partial charge is 0.164 e. The predicted octanol–water partition coefficient (Wildman–Crippen LogP) is 0.928. The van der Waals surface area contributed by atoms with Crippen LogP contribution in [-0.2, 0) is 0 Å². The highest BCUT2D eigenvalue weighted by molar-refractivity contribution is 7.80. The molecule has 2 aliphatic rings. The molecule has 0 aromatic carbocycles. The van der Waals surface area contributed by atoms with Gasteiger partial charge in [0.15, 0.2) is 5.11 Å². The average molecular weight is 168 g/mol. The molecule has 0 radical (unpaired) electrons. The maximum Gasteiger partial charge on any atom is 0.164 e. The van der Waals surface area contributed by atoms with Crippen LogP contribution in [0, 0.1) is 5.92 Å². The molecule has 2 rings (SSSR count). The molecule has 2 nitrogen and oxygen atoms in total. The van der Waals surface area contributed by atoms with Gasteiger partial charge in [-0.05, 0) is 37.4 Å². The van der Waals surface area contributed by atoms with Crippen LogP contribution in [0.3, 0.4) is 0 Å². The highest BCUT2D eigenvalue weighted by atomic mass is 32.1. The van der Waals surface area contributed by atoms with Crippen molar-refractivity contribution >= 4 is 17.3 Å². The summed E-state index contributed by atoms with van der Waals surface area (Å²) in [4.78, 5) is 0. The lowest BCUT2D eigenvalue weighted by molar-refractivity contribution is 0.498. The molecule has 0 spiro atoms. The van der Waals surface area contributed by atoms with Crippen LogP contribution in [0.4, 0.5) is 0 Å². The number of hydrogen-bond donors (Lipinski definition) is 2. The van der Waals surface area contributed by atoms with Crippen LogP contribution >= 0.6 is 12.2 Å². The van der Waals surface area contributed by atoms with Crippen molar-refractivity contribution in [2.75, 3.05) is 0 Å². The Morgan fingerprint density at radius 1 is 1.73 bits per heavy atom. The first-order chi connectivity index (χ1) is 5.20. The summed E-state index contributed by atoms with van der Waals surface area (Å²) in [5.74, 6) is 0.775. The Balaban J connectivity index is 2.11. The van der Waals surface area contributed by atoms with Gasteiger partial charge < -0.3 is 11.1 Å². The second kappa shape index (κ2) is 2.21. The Hall–Kier alpha value is -0.570. The Labute approximate surface area is 71.8 Å². The topological polar surface area (TPSA) is 38.0 Å². The molecule has 3 N–H and O–H groups in total. The van der Waals surface area contributed by atoms with Gasteiger partial charge in [-0.15, -0.1) is 0 Å². The van der Waals surface area contributed by atoms with Crippen molar-refractivity contribution in [1.29, 1.82) is 0 Å². The summed E-state index contributed by atoms with van der Waals surface area (Å²) in [5, 5.41) is 3.60. The lowest BCUT2D eigenvalue weighted by Crippen LogP contribution is -2.46. The molecule has 2 unspecified atom stereocenters. The number of nitrogens with two attached hydrogens (primary N) is 1. The minimum atomic E-state index is 0.135. The molecule has 2 aliphatic carbocycles. The van der Waals surface area contributed by atoms with Crippen molar-refractivity contribution in [1.82, 2.24) is 5.32 Å². The average Bonchev–Trinajstić information content (AvgIpc) is 2.43. The Bertz CT molecular complexity index is 224. The van der Waals surface area contributed by atoms with E-state index in [-0.39, 0.29) is 5.54 Å². The largest absolute Gasteiger partial charge is 0.376 e. The van der Waals surface area contributed by atoms with Gasteiger partial charge in [0.1, 0.15) is 0 Å². The van der Waals surface area contributed by atoms with Gasteiger partial charge in [-0.1, -0.05) is 12.2 Å². The van der Waals surface area contributed by atoms with Gasteiger partial charge in [0.25, 0.3) is 0 Å². The molecule has 1 fully saturated rings. The lowest BCUT2D eigenvalue weighted by Gasteiger charge is -2.25. The summed E-state index contributed by atoms with van der Waals surface area (Å²) in [5.41, 5.74) is 5.57. The van der Waals surface area contributed by atoms with Crippen molar-refractivity contribution in [2.45, 2.75) is 24.8 Å². The molecule has 2 atom stereocenters. The van der Waals surface area contributed by atoms with Gasteiger partial charge in [-0.25, -0.2) is 0 Å². The first-order valence-electron chi connectivity index (χ1n) is 3.97. The first kappa shape index (κ1) is 7.10. The van der Waals surface area contributed by atoms with Gasteiger partial charge in [0.2, 0.25) is 0 Å². The van der Waals surface area contributed by atoms with Crippen molar-refractivity contribution < 1.29 is 0 Å². The normalized spacial score (nSPS) is 39.5. The molecule has 0 heterocycles. The fraction of sp³-hybridized carbons (Fsp3) is 0.625. The highest BCUT2D eigenvalue weighted by Gasteiger charge is 2.40. The summed E-state index contributed by atoms with van der Waals surface area (Å²) >= 11 is 4.82. The van der Waals surface area contributed by atoms with Crippen LogP contribution in [0.15, 0.2) is 12.2 Å². The van der Waals surface area contributed by atoms with Gasteiger partial charge in [-0.3, -0.25) is 0 Å². The van der Waals surface area contributed by atoms with E-state index in [9.17, 15) is 0 Å². The Morgan fingerprint density at radius 3 is 2.91 bits per heavy atom. The third-order valence-electron chi connectivity index (χ3n) is 2.65. The molecule has 0 aromatic rings. The molecular weight excluding hydrogens is 156 g/mol. The van der Waals surface area contributed by atoms with Crippen LogP contribution in [0.1, 0.15) is 19.3 Å². The van der Waals surface area contributed by atoms with E-state index in [1.165, 1.54) is 19.3 Å². The second-order valence-electron chi connectivity index (χ2n) is 3.51. The molecule has 11 heavy (non-hydrogen) atoms. The summed E-state index contributed by atoms with van der Waals surface area (Å²) < 4.78 is 0. The van der Waals surface area contributed by atoms with Gasteiger partial charge in [0, 0.05) is 0 Å². The monoisotopic (exact) mass is 168 g/mol. The van der Waals surface area contributed by atoms with Gasteiger partial charge in [0.05, 0.1) is 5.54 Å². The summed E-state index contributed by atoms with van der Waals surface area (Å²) in [6.07, 6.45) is 8.15. The predicted molar refractivity (Wildman–Crippen MR) is 49.1 cm³/mol. The molecule has 1 saturated carbocycles. The Morgan fingerprint density at radius 2 is 2.55 bits per heavy atom. The van der Waals surface area contributed by atoms with Gasteiger partial charge in [-0.2, -0.15) is 0 Å². The minimum Gasteiger partial charge on any atom is -0.376 e. The molecule has 0 amide bonds. The fourth-order valence-electron chi connectivity index (χ4n) is 2.15. The third-order valence-corrected chi connectivity index (χ3v) is 2.75. The zero-order valence-corrected chi connectivity index (χ0v) is 7.16. The van der Waals surface area contributed by atoms with E-state index in [1.54, 1.807) is 0 Å². The molecule has 0 aliphatic heterocycles. The fourth-order valence-corrected chi connectivity index (χ4v) is 2.35. The van der Waals surface area contributed by atoms with Crippen LogP contribution < -0.4 is 11.1 Å². The summed E-state index contributed by atoms with van der Waals surface area (Å²) in [6, 6.07) is 0. The van der Waals surface area contributed by atoms with E-state index in [4.69, 9.17) is 18.0 Å². The van der Waals surface area contributed by atoms with E-state index in [1.807, 2.05) is 0 Å². The van der Waals surface area contributed by atoms with E-state index in [0.29, 0.717) is 5.11 Å². The van der Waals surface area contributed by atoms with Crippen molar-refractivity contribution in [3.8, 4) is 0 Å². The van der Waals surface area contributed by atoms with Crippen LogP contribution in [0.5, 0.6) is 0 Å². The van der Waals surface area contributed by atoms with Crippen molar-refractivity contribution in [3.63, 3.8) is 0 Å². The van der Waals surface area contributed by atoms with Crippen LogP contribution in [0.2, 0.25) is 0 Å². The Kier molecular flexibility index (Phi) is 1.42. The number of fused-ring (bicyclic) bond motifs is 2. The molecule has 3 heteroatoms. The maximum atomic E-state index is 5.44. The molecule has 2 bridgehead atoms. The SMILES string of the molecule is NC(=S)NC12C=CC(CC1)C2. The lowest BCUT2D eigenvalue weighted by atomic mass is 10.00. The zero-order chi connectivity index (χ0) is 7.90. The van der Waals surface area contributed by atoms with Crippen molar-refractivity contribution in [2.24, 2.45) is 11.7 Å². The standard InChI is InChI=1S/C8H12N2S/c9-7(11)10-8-3-1-6(5-8)2-4-8/h1,3,6H,2,4-5H2,(H3,9,10,11). The van der Waals surface area contributed by atoms with Gasteiger partial charge >= 0.3 is 0 Å². The van der Waals surface area contributed by atoms with Crippen LogP contribution in [-0.4, -0.2) is 10.7 Å². The van der Waals surface area contributed by atoms with Crippen molar-refractivity contribution in [3.05, 3.63) is 12.2 Å². The minimum absolute atomic E-state index is 0.135. The third kappa shape index (κ3) is 1.13. The number of hydrogen-bond acceptors (Lipinski definition) is 1. The second-order valence-corrected chi connectivity index (χ2v) is 3.95. The molecule has 60 valence electrons. The van der Waals surface area contributed by atoms with E-state index in [0.717, 1.165) is 5.92 Å². The maximum absolute atomic E-state index is 5.44. The quantitative estimate of drug-likeness (QED) is 0.452. The zero-order valence-electron chi connectivity index (χ0n) is 6.34. The van der Waals surface area contributed by atoms with E-state index in [2.05, 4.69) is 17.5 Å². The molecule has 0 saturated heterocycles. The van der Waals surface area contributed by atoms with E-state index >= 15 is 0 Å². The first-order valence-corrected chi connectivity index (χ1v) is 4.38. The number of allylic oxidation sites excluding steroid dienone is 1. The summed E-state index contributed by atoms with van der Waals surface area (Å²) in [6.45, 7) is 0. The van der Waals surface area contributed by atoms with E-state index < -0.39 is 0 Å². The number of nitrogens with one attached hydrogen (secondary N) is 1. The molecule has 0 aromatic heterocycles. The molecular formula is C8H12N2S.